The predicted octanol–water partition coefficient (Wildman–Crippen LogP) is 4.32. The summed E-state index contributed by atoms with van der Waals surface area (Å²) in [4.78, 5) is 12.5. The Bertz CT molecular complexity index is 1230. The number of pyridine rings is 1. The average Bonchev–Trinajstić information content (AvgIpc) is 2.61. The van der Waals surface area contributed by atoms with E-state index in [2.05, 4.69) is 4.72 Å². The molecule has 0 fully saturated rings. The van der Waals surface area contributed by atoms with Gasteiger partial charge in [-0.15, -0.1) is 0 Å². The number of rotatable bonds is 5. The Kier molecular flexibility index (Phi) is 5.94. The number of nitrogens with zero attached hydrogens (tertiary/aromatic N) is 1. The zero-order valence-electron chi connectivity index (χ0n) is 18.5. The van der Waals surface area contributed by atoms with E-state index in [0.29, 0.717) is 16.8 Å². The highest BCUT2D eigenvalue weighted by atomic mass is 32.2. The molecular formula is C24H30N2O3S. The number of aryl methyl sites for hydroxylation is 3. The van der Waals surface area contributed by atoms with Crippen LogP contribution in [0.4, 0.5) is 0 Å². The highest BCUT2D eigenvalue weighted by Crippen LogP contribution is 2.27. The number of aromatic nitrogens is 1. The largest absolute Gasteiger partial charge is 0.346 e. The second-order valence-electron chi connectivity index (χ2n) is 9.12. The van der Waals surface area contributed by atoms with E-state index in [1.54, 1.807) is 12.3 Å². The van der Waals surface area contributed by atoms with E-state index in [-0.39, 0.29) is 16.9 Å². The highest BCUT2D eigenvalue weighted by molar-refractivity contribution is 7.89. The molecule has 3 aromatic rings. The van der Waals surface area contributed by atoms with E-state index >= 15 is 0 Å². The van der Waals surface area contributed by atoms with Crippen LogP contribution < -0.4 is 10.2 Å². The van der Waals surface area contributed by atoms with Crippen LogP contribution in [0.3, 0.4) is 0 Å². The number of nitrogens with one attached hydrogen (secondary N) is 1. The lowest BCUT2D eigenvalue weighted by Gasteiger charge is -2.33. The first-order chi connectivity index (χ1) is 13.9. The Labute approximate surface area is 178 Å². The van der Waals surface area contributed by atoms with Crippen molar-refractivity contribution in [1.82, 2.24) is 9.29 Å². The van der Waals surface area contributed by atoms with E-state index in [4.69, 9.17) is 0 Å². The van der Waals surface area contributed by atoms with Gasteiger partial charge < -0.3 is 4.57 Å². The molecule has 6 heteroatoms. The predicted molar refractivity (Wildman–Crippen MR) is 122 cm³/mol. The van der Waals surface area contributed by atoms with Gasteiger partial charge in [-0.05, 0) is 49.4 Å². The van der Waals surface area contributed by atoms with Crippen LogP contribution in [0.15, 0.2) is 58.4 Å². The van der Waals surface area contributed by atoms with Crippen molar-refractivity contribution in [3.8, 4) is 0 Å². The van der Waals surface area contributed by atoms with Crippen molar-refractivity contribution in [1.29, 1.82) is 0 Å². The molecule has 1 heterocycles. The van der Waals surface area contributed by atoms with Crippen molar-refractivity contribution in [2.24, 2.45) is 5.41 Å². The van der Waals surface area contributed by atoms with Gasteiger partial charge in [-0.2, -0.15) is 0 Å². The Morgan fingerprint density at radius 2 is 1.60 bits per heavy atom. The maximum atomic E-state index is 13.4. The van der Waals surface area contributed by atoms with Gasteiger partial charge in [0.2, 0.25) is 10.0 Å². The molecule has 1 atom stereocenters. The fourth-order valence-corrected chi connectivity index (χ4v) is 5.83. The second kappa shape index (κ2) is 8.00. The highest BCUT2D eigenvalue weighted by Gasteiger charge is 2.31. The molecule has 0 amide bonds. The van der Waals surface area contributed by atoms with E-state index in [0.717, 1.165) is 22.2 Å². The summed E-state index contributed by atoms with van der Waals surface area (Å²) in [5, 5.41) is 0.626. The van der Waals surface area contributed by atoms with Gasteiger partial charge in [0, 0.05) is 30.2 Å². The average molecular weight is 427 g/mol. The van der Waals surface area contributed by atoms with Crippen LogP contribution in [-0.4, -0.2) is 19.0 Å². The monoisotopic (exact) mass is 426 g/mol. The molecule has 0 radical (unpaired) electrons. The Morgan fingerprint density at radius 3 is 2.20 bits per heavy atom. The summed E-state index contributed by atoms with van der Waals surface area (Å²) >= 11 is 0. The van der Waals surface area contributed by atoms with Crippen molar-refractivity contribution >= 4 is 20.9 Å². The minimum atomic E-state index is -3.73. The summed E-state index contributed by atoms with van der Waals surface area (Å²) in [6.45, 7) is 12.1. The molecule has 1 N–H and O–H groups in total. The van der Waals surface area contributed by atoms with Crippen LogP contribution >= 0.6 is 0 Å². The zero-order valence-corrected chi connectivity index (χ0v) is 19.3. The third kappa shape index (κ3) is 4.50. The van der Waals surface area contributed by atoms with Gasteiger partial charge in [0.05, 0.1) is 10.4 Å². The smallest absolute Gasteiger partial charge is 0.241 e. The van der Waals surface area contributed by atoms with Gasteiger partial charge in [0.25, 0.3) is 0 Å². The minimum absolute atomic E-state index is 0.0411. The van der Waals surface area contributed by atoms with Gasteiger partial charge in [-0.25, -0.2) is 13.1 Å². The van der Waals surface area contributed by atoms with Gasteiger partial charge in [-0.3, -0.25) is 4.79 Å². The van der Waals surface area contributed by atoms with Crippen LogP contribution in [0, 0.1) is 26.2 Å². The summed E-state index contributed by atoms with van der Waals surface area (Å²) in [5.74, 6) is 0. The summed E-state index contributed by atoms with van der Waals surface area (Å²) in [7, 11) is -3.73. The molecule has 0 saturated heterocycles. The molecule has 0 spiro atoms. The van der Waals surface area contributed by atoms with E-state index < -0.39 is 10.0 Å². The lowest BCUT2D eigenvalue weighted by molar-refractivity contribution is 0.272. The Balaban J connectivity index is 2.04. The van der Waals surface area contributed by atoms with Crippen molar-refractivity contribution in [2.75, 3.05) is 0 Å². The summed E-state index contributed by atoms with van der Waals surface area (Å²) < 4.78 is 31.7. The van der Waals surface area contributed by atoms with Gasteiger partial charge in [-0.1, -0.05) is 50.6 Å². The van der Waals surface area contributed by atoms with Crippen molar-refractivity contribution in [2.45, 2.75) is 59.0 Å². The normalized spacial score (nSPS) is 13.5. The lowest BCUT2D eigenvalue weighted by Crippen LogP contribution is -2.46. The molecule has 160 valence electrons. The third-order valence-electron chi connectivity index (χ3n) is 5.48. The van der Waals surface area contributed by atoms with E-state index in [9.17, 15) is 13.2 Å². The van der Waals surface area contributed by atoms with Crippen LogP contribution in [-0.2, 0) is 16.6 Å². The first-order valence-corrected chi connectivity index (χ1v) is 11.6. The third-order valence-corrected chi connectivity index (χ3v) is 7.26. The summed E-state index contributed by atoms with van der Waals surface area (Å²) in [6.07, 6.45) is 1.74. The SMILES string of the molecule is Cc1cc(C)c(S(=O)(=O)NC(Cn2ccc(=O)c3ccccc32)C(C)(C)C)c(C)c1. The van der Waals surface area contributed by atoms with Crippen molar-refractivity contribution < 1.29 is 8.42 Å². The molecule has 0 aliphatic heterocycles. The molecule has 2 aromatic carbocycles. The zero-order chi connectivity index (χ0) is 22.3. The molecule has 5 nitrogen and oxygen atoms in total. The Hall–Kier alpha value is -2.44. The number of para-hydroxylation sites is 1. The first kappa shape index (κ1) is 22.2. The van der Waals surface area contributed by atoms with E-state index in [1.165, 1.54) is 6.07 Å². The van der Waals surface area contributed by atoms with E-state index in [1.807, 2.05) is 76.4 Å². The topological polar surface area (TPSA) is 68.2 Å². The fourth-order valence-electron chi connectivity index (χ4n) is 3.94. The standard InChI is InChI=1S/C24H30N2O3S/c1-16-13-17(2)23(18(3)14-16)30(28,29)25-22(24(4,5)6)15-26-12-11-21(27)19-9-7-8-10-20(19)26/h7-14,22,25H,15H2,1-6H3. The quantitative estimate of drug-likeness (QED) is 0.661. The van der Waals surface area contributed by atoms with Crippen molar-refractivity contribution in [3.63, 3.8) is 0 Å². The molecule has 1 unspecified atom stereocenters. The molecule has 0 aliphatic carbocycles. The number of fused-ring (bicyclic) bond motifs is 1. The van der Waals surface area contributed by atoms with Crippen molar-refractivity contribution in [3.05, 3.63) is 75.6 Å². The maximum absolute atomic E-state index is 13.4. The lowest BCUT2D eigenvalue weighted by atomic mass is 9.87. The summed E-state index contributed by atoms with van der Waals surface area (Å²) in [6, 6.07) is 12.3. The number of sulfonamides is 1. The molecule has 0 saturated carbocycles. The van der Waals surface area contributed by atoms with Crippen LogP contribution in [0.25, 0.3) is 10.9 Å². The first-order valence-electron chi connectivity index (χ1n) is 10.1. The van der Waals surface area contributed by atoms with Crippen LogP contribution in [0.2, 0.25) is 0 Å². The second-order valence-corrected chi connectivity index (χ2v) is 10.8. The summed E-state index contributed by atoms with van der Waals surface area (Å²) in [5.41, 5.74) is 2.92. The van der Waals surface area contributed by atoms with Gasteiger partial charge in [0.1, 0.15) is 0 Å². The molecule has 3 rings (SSSR count). The van der Waals surface area contributed by atoms with Crippen LogP contribution in [0.5, 0.6) is 0 Å². The molecular weight excluding hydrogens is 396 g/mol. The van der Waals surface area contributed by atoms with Crippen LogP contribution in [0.1, 0.15) is 37.5 Å². The molecule has 0 bridgehead atoms. The number of hydrogen-bond acceptors (Lipinski definition) is 3. The Morgan fingerprint density at radius 1 is 1.00 bits per heavy atom. The number of hydrogen-bond donors (Lipinski definition) is 1. The maximum Gasteiger partial charge on any atom is 0.241 e. The number of benzene rings is 2. The van der Waals surface area contributed by atoms with Gasteiger partial charge in [0.15, 0.2) is 5.43 Å². The molecule has 1 aromatic heterocycles. The fraction of sp³-hybridized carbons (Fsp3) is 0.375. The van der Waals surface area contributed by atoms with Gasteiger partial charge >= 0.3 is 0 Å². The molecule has 0 aliphatic rings. The molecule has 30 heavy (non-hydrogen) atoms. The minimum Gasteiger partial charge on any atom is -0.346 e.